The Morgan fingerprint density at radius 1 is 1.07 bits per heavy atom. The molecule has 0 radical (unpaired) electrons. The first-order valence-electron chi connectivity index (χ1n) is 9.25. The first-order chi connectivity index (χ1) is 14.2. The summed E-state index contributed by atoms with van der Waals surface area (Å²) in [6.45, 7) is 2.26. The quantitative estimate of drug-likeness (QED) is 0.404. The van der Waals surface area contributed by atoms with Crippen molar-refractivity contribution in [3.8, 4) is 5.75 Å². The minimum absolute atomic E-state index is 0.319. The number of aryl methyl sites for hydroxylation is 1. The molecule has 0 aliphatic carbocycles. The molecule has 0 aliphatic rings. The summed E-state index contributed by atoms with van der Waals surface area (Å²) in [7, 11) is 0. The fourth-order valence-corrected chi connectivity index (χ4v) is 3.05. The summed E-state index contributed by atoms with van der Waals surface area (Å²) >= 11 is 0. The number of nitrogens with zero attached hydrogens (tertiary/aromatic N) is 3. The second-order valence-electron chi connectivity index (χ2n) is 6.49. The first-order valence-corrected chi connectivity index (χ1v) is 9.25. The maximum Gasteiger partial charge on any atom is 0.290 e. The zero-order valence-electron chi connectivity index (χ0n) is 15.9. The third kappa shape index (κ3) is 4.16. The fourth-order valence-electron chi connectivity index (χ4n) is 3.05. The van der Waals surface area contributed by atoms with Gasteiger partial charge >= 0.3 is 0 Å². The Balaban J connectivity index is 1.47. The number of nitrogens with one attached hydrogen (secondary N) is 1. The van der Waals surface area contributed by atoms with Gasteiger partial charge in [-0.3, -0.25) is 9.20 Å². The van der Waals surface area contributed by atoms with Crippen LogP contribution in [0.3, 0.4) is 0 Å². The van der Waals surface area contributed by atoms with Crippen molar-refractivity contribution in [3.05, 3.63) is 102 Å². The summed E-state index contributed by atoms with van der Waals surface area (Å²) in [5.74, 6) is 0.375. The topological polar surface area (TPSA) is 68.0 Å². The van der Waals surface area contributed by atoms with Crippen molar-refractivity contribution in [1.29, 1.82) is 0 Å². The lowest BCUT2D eigenvalue weighted by atomic mass is 10.2. The lowest BCUT2D eigenvalue weighted by Crippen LogP contribution is -2.20. The van der Waals surface area contributed by atoms with Crippen LogP contribution in [0.5, 0.6) is 5.75 Å². The lowest BCUT2D eigenvalue weighted by molar-refractivity contribution is 0.0948. The molecule has 0 fully saturated rings. The van der Waals surface area contributed by atoms with Gasteiger partial charge in [-0.1, -0.05) is 48.5 Å². The van der Waals surface area contributed by atoms with Gasteiger partial charge in [0.1, 0.15) is 23.7 Å². The molecule has 4 aromatic rings. The van der Waals surface area contributed by atoms with Crippen molar-refractivity contribution in [2.75, 3.05) is 0 Å². The van der Waals surface area contributed by atoms with Gasteiger partial charge in [-0.25, -0.2) is 10.4 Å². The Morgan fingerprint density at radius 3 is 2.69 bits per heavy atom. The number of carbonyl (C=O) groups excluding carboxylic acids is 1. The van der Waals surface area contributed by atoms with Gasteiger partial charge in [0, 0.05) is 11.8 Å². The van der Waals surface area contributed by atoms with Crippen LogP contribution in [0.15, 0.2) is 84.1 Å². The molecule has 0 atom stereocenters. The molecule has 4 rings (SSSR count). The molecular weight excluding hydrogens is 364 g/mol. The smallest absolute Gasteiger partial charge is 0.290 e. The molecule has 0 aliphatic heterocycles. The van der Waals surface area contributed by atoms with E-state index in [1.807, 2.05) is 72.8 Å². The Bertz CT molecular complexity index is 1170. The third-order valence-corrected chi connectivity index (χ3v) is 4.45. The third-order valence-electron chi connectivity index (χ3n) is 4.45. The van der Waals surface area contributed by atoms with Crippen molar-refractivity contribution in [3.63, 3.8) is 0 Å². The fraction of sp³-hybridized carbons (Fsp3) is 0.0870. The number of amides is 1. The number of pyridine rings is 1. The molecule has 2 heterocycles. The van der Waals surface area contributed by atoms with Crippen molar-refractivity contribution in [1.82, 2.24) is 14.8 Å². The molecule has 1 amide bonds. The number of hydrogen-bond acceptors (Lipinski definition) is 4. The molecule has 0 unspecified atom stereocenters. The molecule has 6 nitrogen and oxygen atoms in total. The molecule has 0 saturated carbocycles. The average Bonchev–Trinajstić information content (AvgIpc) is 3.09. The highest BCUT2D eigenvalue weighted by atomic mass is 16.5. The van der Waals surface area contributed by atoms with Crippen LogP contribution in [0, 0.1) is 6.92 Å². The number of ether oxygens (including phenoxy) is 1. The summed E-state index contributed by atoms with van der Waals surface area (Å²) < 4.78 is 7.66. The molecule has 2 aromatic heterocycles. The standard InChI is InChI=1S/C23H20N4O2/c1-17-22(27-14-8-7-13-21(27)25-17)23(28)26-24-15-19-11-5-6-12-20(19)29-16-18-9-3-2-4-10-18/h2-15H,16H2,1H3,(H,26,28)/b24-15-. The van der Waals surface area contributed by atoms with E-state index in [9.17, 15) is 4.79 Å². The van der Waals surface area contributed by atoms with Gasteiger partial charge in [0.15, 0.2) is 0 Å². The van der Waals surface area contributed by atoms with E-state index in [0.29, 0.717) is 23.7 Å². The molecule has 0 saturated heterocycles. The Morgan fingerprint density at radius 2 is 1.83 bits per heavy atom. The Kier molecular flexibility index (Phi) is 5.33. The van der Waals surface area contributed by atoms with Gasteiger partial charge in [-0.2, -0.15) is 5.10 Å². The largest absolute Gasteiger partial charge is 0.488 e. The van der Waals surface area contributed by atoms with Crippen LogP contribution in [0.25, 0.3) is 5.65 Å². The number of imidazole rings is 1. The van der Waals surface area contributed by atoms with E-state index in [-0.39, 0.29) is 5.91 Å². The summed E-state index contributed by atoms with van der Waals surface area (Å²) in [5, 5.41) is 4.12. The molecule has 6 heteroatoms. The van der Waals surface area contributed by atoms with Crippen LogP contribution >= 0.6 is 0 Å². The molecule has 0 bridgehead atoms. The maximum atomic E-state index is 12.6. The molecule has 29 heavy (non-hydrogen) atoms. The van der Waals surface area contributed by atoms with E-state index >= 15 is 0 Å². The van der Waals surface area contributed by atoms with Gasteiger partial charge in [0.05, 0.1) is 11.9 Å². The van der Waals surface area contributed by atoms with Crippen LogP contribution in [0.2, 0.25) is 0 Å². The van der Waals surface area contributed by atoms with E-state index in [1.165, 1.54) is 0 Å². The molecule has 144 valence electrons. The monoisotopic (exact) mass is 384 g/mol. The predicted octanol–water partition coefficient (Wildman–Crippen LogP) is 3.99. The number of benzene rings is 2. The highest BCUT2D eigenvalue weighted by Crippen LogP contribution is 2.18. The van der Waals surface area contributed by atoms with Crippen molar-refractivity contribution in [2.24, 2.45) is 5.10 Å². The van der Waals surface area contributed by atoms with Gasteiger partial charge < -0.3 is 4.74 Å². The van der Waals surface area contributed by atoms with Crippen molar-refractivity contribution in [2.45, 2.75) is 13.5 Å². The zero-order chi connectivity index (χ0) is 20.1. The number of carbonyl (C=O) groups is 1. The predicted molar refractivity (Wildman–Crippen MR) is 112 cm³/mol. The minimum atomic E-state index is -0.319. The second-order valence-corrected chi connectivity index (χ2v) is 6.49. The lowest BCUT2D eigenvalue weighted by Gasteiger charge is -2.09. The van der Waals surface area contributed by atoms with Crippen LogP contribution in [0.4, 0.5) is 0 Å². The van der Waals surface area contributed by atoms with Crippen molar-refractivity contribution < 1.29 is 9.53 Å². The molecule has 2 aromatic carbocycles. The number of para-hydroxylation sites is 1. The molecule has 0 spiro atoms. The number of rotatable bonds is 6. The SMILES string of the molecule is Cc1nc2ccccn2c1C(=O)N/N=C\c1ccccc1OCc1ccccc1. The van der Waals surface area contributed by atoms with Gasteiger partial charge in [-0.15, -0.1) is 0 Å². The van der Waals surface area contributed by atoms with E-state index in [4.69, 9.17) is 4.74 Å². The highest BCUT2D eigenvalue weighted by Gasteiger charge is 2.15. The van der Waals surface area contributed by atoms with Gasteiger partial charge in [0.25, 0.3) is 5.91 Å². The van der Waals surface area contributed by atoms with E-state index < -0.39 is 0 Å². The summed E-state index contributed by atoms with van der Waals surface area (Å²) in [6, 6.07) is 23.1. The Labute approximate surface area is 168 Å². The van der Waals surface area contributed by atoms with Crippen molar-refractivity contribution >= 4 is 17.8 Å². The van der Waals surface area contributed by atoms with E-state index in [1.54, 1.807) is 23.7 Å². The second kappa shape index (κ2) is 8.39. The number of hydrazone groups is 1. The first kappa shape index (κ1) is 18.4. The van der Waals surface area contributed by atoms with Gasteiger partial charge in [-0.05, 0) is 36.8 Å². The number of fused-ring (bicyclic) bond motifs is 1. The van der Waals surface area contributed by atoms with Crippen LogP contribution in [-0.4, -0.2) is 21.5 Å². The summed E-state index contributed by atoms with van der Waals surface area (Å²) in [5.41, 5.74) is 6.27. The van der Waals surface area contributed by atoms with E-state index in [2.05, 4.69) is 15.5 Å². The number of hydrogen-bond donors (Lipinski definition) is 1. The molecule has 1 N–H and O–H groups in total. The summed E-state index contributed by atoms with van der Waals surface area (Å²) in [4.78, 5) is 17.0. The minimum Gasteiger partial charge on any atom is -0.488 e. The van der Waals surface area contributed by atoms with Crippen LogP contribution < -0.4 is 10.2 Å². The van der Waals surface area contributed by atoms with Crippen LogP contribution in [0.1, 0.15) is 27.3 Å². The van der Waals surface area contributed by atoms with Crippen LogP contribution in [-0.2, 0) is 6.61 Å². The Hall–Kier alpha value is -3.93. The maximum absolute atomic E-state index is 12.6. The highest BCUT2D eigenvalue weighted by molar-refractivity contribution is 5.95. The number of aromatic nitrogens is 2. The summed E-state index contributed by atoms with van der Waals surface area (Å²) in [6.07, 6.45) is 3.39. The normalized spacial score (nSPS) is 11.1. The zero-order valence-corrected chi connectivity index (χ0v) is 15.9. The van der Waals surface area contributed by atoms with E-state index in [0.717, 1.165) is 16.8 Å². The molecular formula is C23H20N4O2. The van der Waals surface area contributed by atoms with Gasteiger partial charge in [0.2, 0.25) is 0 Å². The average molecular weight is 384 g/mol.